The van der Waals surface area contributed by atoms with E-state index in [9.17, 15) is 35.9 Å². The first-order chi connectivity index (χ1) is 14.9. The van der Waals surface area contributed by atoms with Gasteiger partial charge in [0.1, 0.15) is 5.82 Å². The number of thioether (sulfide) groups is 1. The smallest absolute Gasteiger partial charge is 0.367 e. The van der Waals surface area contributed by atoms with E-state index in [2.05, 4.69) is 10.3 Å². The zero-order valence-electron chi connectivity index (χ0n) is 15.9. The Morgan fingerprint density at radius 2 is 1.78 bits per heavy atom. The molecule has 0 saturated carbocycles. The van der Waals surface area contributed by atoms with Crippen molar-refractivity contribution in [1.82, 2.24) is 9.88 Å². The van der Waals surface area contributed by atoms with Gasteiger partial charge in [0.2, 0.25) is 11.8 Å². The first kappa shape index (κ1) is 24.2. The third-order valence-corrected chi connectivity index (χ3v) is 5.91. The average molecular weight is 498 g/mol. The monoisotopic (exact) mass is 497 g/mol. The second kappa shape index (κ2) is 9.18. The molecule has 5 nitrogen and oxygen atoms in total. The summed E-state index contributed by atoms with van der Waals surface area (Å²) in [7, 11) is 0. The van der Waals surface area contributed by atoms with Crippen LogP contribution in [0.15, 0.2) is 41.4 Å². The molecule has 1 atom stereocenters. The van der Waals surface area contributed by atoms with Gasteiger partial charge in [0.25, 0.3) is 0 Å². The lowest BCUT2D eigenvalue weighted by Crippen LogP contribution is -2.35. The number of hydrogen-bond acceptors (Lipinski definition) is 5. The van der Waals surface area contributed by atoms with Gasteiger partial charge in [0, 0.05) is 30.6 Å². The number of pyridine rings is 1. The molecule has 3 rings (SSSR count). The quantitative estimate of drug-likeness (QED) is 0.444. The first-order valence-electron chi connectivity index (χ1n) is 9.01. The van der Waals surface area contributed by atoms with Gasteiger partial charge < -0.3 is 5.32 Å². The zero-order valence-corrected chi connectivity index (χ0v) is 17.5. The van der Waals surface area contributed by atoms with Crippen LogP contribution in [0, 0.1) is 0 Å². The van der Waals surface area contributed by atoms with Crippen LogP contribution in [0.2, 0.25) is 5.02 Å². The highest BCUT2D eigenvalue weighted by atomic mass is 35.5. The molecule has 1 fully saturated rings. The zero-order chi connectivity index (χ0) is 23.7. The van der Waals surface area contributed by atoms with Crippen LogP contribution in [0.5, 0.6) is 0 Å². The molecule has 2 heterocycles. The van der Waals surface area contributed by atoms with Crippen LogP contribution in [-0.2, 0) is 21.9 Å². The summed E-state index contributed by atoms with van der Waals surface area (Å²) >= 11 is 6.65. The second-order valence-electron chi connectivity index (χ2n) is 6.70. The van der Waals surface area contributed by atoms with Gasteiger partial charge in [-0.05, 0) is 24.3 Å². The normalized spacial score (nSPS) is 17.2. The molecule has 32 heavy (non-hydrogen) atoms. The maximum absolute atomic E-state index is 12.9. The number of alkyl halides is 6. The third-order valence-electron chi connectivity index (χ3n) is 4.44. The Morgan fingerprint density at radius 1 is 1.09 bits per heavy atom. The Kier molecular flexibility index (Phi) is 6.94. The van der Waals surface area contributed by atoms with Crippen LogP contribution in [-0.4, -0.2) is 40.0 Å². The number of anilines is 1. The minimum absolute atomic E-state index is 0.0312. The molecule has 1 saturated heterocycles. The number of likely N-dealkylation sites (tertiary alicyclic amines) is 1. The molecular formula is C19H14ClF6N3O2S. The minimum Gasteiger partial charge on any atom is -0.367 e. The summed E-state index contributed by atoms with van der Waals surface area (Å²) in [6, 6.07) is 5.15. The lowest BCUT2D eigenvalue weighted by molar-refractivity contribution is -0.139. The van der Waals surface area contributed by atoms with Crippen molar-refractivity contribution >= 4 is 41.0 Å². The lowest BCUT2D eigenvalue weighted by atomic mass is 10.2. The predicted octanol–water partition coefficient (Wildman–Crippen LogP) is 5.10. The van der Waals surface area contributed by atoms with Crippen molar-refractivity contribution in [2.24, 2.45) is 0 Å². The maximum atomic E-state index is 12.9. The summed E-state index contributed by atoms with van der Waals surface area (Å²) in [6.07, 6.45) is -8.71. The molecule has 0 aliphatic carbocycles. The van der Waals surface area contributed by atoms with E-state index < -0.39 is 40.5 Å². The number of rotatable bonds is 6. The van der Waals surface area contributed by atoms with Gasteiger partial charge in [-0.25, -0.2) is 4.98 Å². The van der Waals surface area contributed by atoms with Crippen LogP contribution in [0.4, 0.5) is 32.2 Å². The standard InChI is InChI=1S/C19H14ClF6N3O2S/c20-13-7-11(19(24,25)26)9-28-16(13)27-4-5-29-15(30)8-14(17(29)31)32-12-3-1-2-10(6-12)18(21,22)23/h1-3,6-7,9,14H,4-5,8H2,(H,27,28)/t14-/m1/s1. The molecule has 1 aromatic heterocycles. The number of carbonyl (C=O) groups excluding carboxylic acids is 2. The van der Waals surface area contributed by atoms with Crippen LogP contribution in [0.1, 0.15) is 17.5 Å². The van der Waals surface area contributed by atoms with Crippen molar-refractivity contribution in [3.8, 4) is 0 Å². The summed E-state index contributed by atoms with van der Waals surface area (Å²) in [4.78, 5) is 29.5. The summed E-state index contributed by atoms with van der Waals surface area (Å²) in [5, 5.41) is 1.50. The topological polar surface area (TPSA) is 62.3 Å². The van der Waals surface area contributed by atoms with Crippen molar-refractivity contribution in [1.29, 1.82) is 0 Å². The van der Waals surface area contributed by atoms with Gasteiger partial charge in [-0.15, -0.1) is 11.8 Å². The molecule has 1 N–H and O–H groups in total. The first-order valence-corrected chi connectivity index (χ1v) is 10.3. The number of nitrogens with zero attached hydrogens (tertiary/aromatic N) is 2. The van der Waals surface area contributed by atoms with Crippen LogP contribution >= 0.6 is 23.4 Å². The van der Waals surface area contributed by atoms with E-state index in [0.29, 0.717) is 12.3 Å². The molecule has 0 unspecified atom stereocenters. The molecule has 0 spiro atoms. The van der Waals surface area contributed by atoms with Gasteiger partial charge in [-0.2, -0.15) is 26.3 Å². The van der Waals surface area contributed by atoms with E-state index in [4.69, 9.17) is 11.6 Å². The van der Waals surface area contributed by atoms with Gasteiger partial charge in [-0.3, -0.25) is 14.5 Å². The highest BCUT2D eigenvalue weighted by Gasteiger charge is 2.39. The Balaban J connectivity index is 1.59. The lowest BCUT2D eigenvalue weighted by Gasteiger charge is -2.16. The van der Waals surface area contributed by atoms with Gasteiger partial charge in [0.15, 0.2) is 0 Å². The van der Waals surface area contributed by atoms with Crippen LogP contribution in [0.3, 0.4) is 0 Å². The Morgan fingerprint density at radius 3 is 2.41 bits per heavy atom. The van der Waals surface area contributed by atoms with Gasteiger partial charge in [-0.1, -0.05) is 17.7 Å². The number of imide groups is 1. The van der Waals surface area contributed by atoms with Crippen molar-refractivity contribution in [2.75, 3.05) is 18.4 Å². The number of halogens is 7. The fourth-order valence-corrected chi connectivity index (χ4v) is 4.27. The average Bonchev–Trinajstić information content (AvgIpc) is 2.95. The molecule has 2 aromatic rings. The second-order valence-corrected chi connectivity index (χ2v) is 8.38. The van der Waals surface area contributed by atoms with Crippen LogP contribution < -0.4 is 5.32 Å². The Bertz CT molecular complexity index is 1030. The van der Waals surface area contributed by atoms with Gasteiger partial charge >= 0.3 is 12.4 Å². The molecule has 13 heteroatoms. The van der Waals surface area contributed by atoms with E-state index in [1.165, 1.54) is 12.1 Å². The molecule has 0 bridgehead atoms. The SMILES string of the molecule is O=C1C[C@@H](Sc2cccc(C(F)(F)F)c2)C(=O)N1CCNc1ncc(C(F)(F)F)cc1Cl. The summed E-state index contributed by atoms with van der Waals surface area (Å²) < 4.78 is 76.5. The molecular weight excluding hydrogens is 484 g/mol. The van der Waals surface area contributed by atoms with E-state index in [1.54, 1.807) is 0 Å². The van der Waals surface area contributed by atoms with Crippen molar-refractivity contribution in [3.05, 3.63) is 52.7 Å². The molecule has 0 radical (unpaired) electrons. The Hall–Kier alpha value is -2.47. The molecule has 2 amide bonds. The van der Waals surface area contributed by atoms with E-state index in [1.807, 2.05) is 0 Å². The van der Waals surface area contributed by atoms with Crippen molar-refractivity contribution in [3.63, 3.8) is 0 Å². The number of carbonyl (C=O) groups is 2. The number of aromatic nitrogens is 1. The van der Waals surface area contributed by atoms with Gasteiger partial charge in [0.05, 0.1) is 21.4 Å². The minimum atomic E-state index is -4.60. The maximum Gasteiger partial charge on any atom is 0.417 e. The highest BCUT2D eigenvalue weighted by Crippen LogP contribution is 2.36. The third kappa shape index (κ3) is 5.66. The van der Waals surface area contributed by atoms with E-state index in [-0.39, 0.29) is 35.2 Å². The summed E-state index contributed by atoms with van der Waals surface area (Å²) in [6.45, 7) is -0.146. The number of benzene rings is 1. The molecule has 1 aliphatic heterocycles. The number of nitrogens with one attached hydrogen (secondary N) is 1. The van der Waals surface area contributed by atoms with E-state index >= 15 is 0 Å². The predicted molar refractivity (Wildman–Crippen MR) is 105 cm³/mol. The highest BCUT2D eigenvalue weighted by molar-refractivity contribution is 8.00. The number of amides is 2. The van der Waals surface area contributed by atoms with E-state index in [0.717, 1.165) is 28.8 Å². The molecule has 172 valence electrons. The Labute approximate surface area is 187 Å². The largest absolute Gasteiger partial charge is 0.417 e. The fourth-order valence-electron chi connectivity index (χ4n) is 2.90. The summed E-state index contributed by atoms with van der Waals surface area (Å²) in [5.41, 5.74) is -1.88. The fraction of sp³-hybridized carbons (Fsp3) is 0.316. The van der Waals surface area contributed by atoms with Crippen molar-refractivity contribution < 1.29 is 35.9 Å². The number of hydrogen-bond donors (Lipinski definition) is 1. The van der Waals surface area contributed by atoms with Crippen molar-refractivity contribution in [2.45, 2.75) is 28.9 Å². The molecule has 1 aliphatic rings. The molecule has 1 aromatic carbocycles. The van der Waals surface area contributed by atoms with Crippen LogP contribution in [0.25, 0.3) is 0 Å². The summed E-state index contributed by atoms with van der Waals surface area (Å²) in [5.74, 6) is -1.12.